The zero-order valence-electron chi connectivity index (χ0n) is 10.5. The molecular weight excluding hydrogens is 287 g/mol. The first-order chi connectivity index (χ1) is 8.97. The number of hydrogen-bond donors (Lipinski definition) is 0. The van der Waals surface area contributed by atoms with Crippen LogP contribution >= 0.6 is 22.9 Å². The number of Topliss-reactive ketones (excluding diaryl/α,β-unsaturated/α-hetero) is 1. The van der Waals surface area contributed by atoms with Gasteiger partial charge in [0.15, 0.2) is 6.61 Å². The van der Waals surface area contributed by atoms with Crippen LogP contribution in [0, 0.1) is 19.7 Å². The van der Waals surface area contributed by atoms with Gasteiger partial charge in [-0.2, -0.15) is 0 Å². The van der Waals surface area contributed by atoms with E-state index in [1.165, 1.54) is 18.2 Å². The third-order valence-electron chi connectivity index (χ3n) is 2.60. The molecule has 2 nitrogen and oxygen atoms in total. The zero-order chi connectivity index (χ0) is 14.0. The quantitative estimate of drug-likeness (QED) is 0.781. The lowest BCUT2D eigenvalue weighted by atomic mass is 10.2. The molecular formula is C14H12ClFO2S. The molecule has 0 aliphatic carbocycles. The van der Waals surface area contributed by atoms with Crippen LogP contribution in [0.25, 0.3) is 0 Å². The van der Waals surface area contributed by atoms with Crippen LogP contribution in [0.1, 0.15) is 20.1 Å². The Morgan fingerprint density at radius 1 is 1.37 bits per heavy atom. The summed E-state index contributed by atoms with van der Waals surface area (Å²) < 4.78 is 18.5. The molecule has 0 atom stereocenters. The van der Waals surface area contributed by atoms with Crippen LogP contribution in [-0.2, 0) is 0 Å². The maximum atomic E-state index is 13.2. The maximum Gasteiger partial charge on any atom is 0.201 e. The molecule has 0 saturated heterocycles. The second-order valence-corrected chi connectivity index (χ2v) is 5.98. The van der Waals surface area contributed by atoms with Gasteiger partial charge in [0, 0.05) is 21.4 Å². The number of aryl methyl sites for hydroxylation is 2. The van der Waals surface area contributed by atoms with Gasteiger partial charge >= 0.3 is 0 Å². The van der Waals surface area contributed by atoms with E-state index in [0.29, 0.717) is 11.3 Å². The smallest absolute Gasteiger partial charge is 0.201 e. The highest BCUT2D eigenvalue weighted by molar-refractivity contribution is 7.12. The zero-order valence-corrected chi connectivity index (χ0v) is 12.1. The number of benzene rings is 1. The fourth-order valence-electron chi connectivity index (χ4n) is 1.70. The van der Waals surface area contributed by atoms with Gasteiger partial charge in [0.05, 0.1) is 5.02 Å². The normalized spacial score (nSPS) is 10.5. The fourth-order valence-corrected chi connectivity index (χ4v) is 2.76. The van der Waals surface area contributed by atoms with Gasteiger partial charge in [0.1, 0.15) is 11.6 Å². The van der Waals surface area contributed by atoms with Gasteiger partial charge in [-0.15, -0.1) is 11.3 Å². The van der Waals surface area contributed by atoms with Crippen LogP contribution in [-0.4, -0.2) is 12.4 Å². The van der Waals surface area contributed by atoms with Gasteiger partial charge in [0.25, 0.3) is 0 Å². The van der Waals surface area contributed by atoms with Crippen molar-refractivity contribution in [3.05, 3.63) is 50.4 Å². The van der Waals surface area contributed by atoms with Crippen LogP contribution in [0.5, 0.6) is 5.75 Å². The Labute approximate surface area is 119 Å². The molecule has 0 radical (unpaired) electrons. The first-order valence-corrected chi connectivity index (χ1v) is 6.85. The van der Waals surface area contributed by atoms with E-state index in [-0.39, 0.29) is 17.4 Å². The van der Waals surface area contributed by atoms with Gasteiger partial charge in [-0.05, 0) is 32.0 Å². The maximum absolute atomic E-state index is 13.2. The molecule has 5 heteroatoms. The summed E-state index contributed by atoms with van der Waals surface area (Å²) in [5.41, 5.74) is 0.664. The average Bonchev–Trinajstić information content (AvgIpc) is 2.70. The monoisotopic (exact) mass is 298 g/mol. The number of hydrogen-bond acceptors (Lipinski definition) is 3. The second kappa shape index (κ2) is 5.72. The molecule has 2 aromatic rings. The molecule has 0 amide bonds. The largest absolute Gasteiger partial charge is 0.485 e. The summed E-state index contributed by atoms with van der Waals surface area (Å²) in [7, 11) is 0. The van der Waals surface area contributed by atoms with Crippen molar-refractivity contribution in [2.24, 2.45) is 0 Å². The molecule has 0 N–H and O–H groups in total. The molecule has 1 aromatic heterocycles. The van der Waals surface area contributed by atoms with E-state index in [9.17, 15) is 9.18 Å². The van der Waals surface area contributed by atoms with Crippen molar-refractivity contribution >= 4 is 28.7 Å². The van der Waals surface area contributed by atoms with Crippen molar-refractivity contribution < 1.29 is 13.9 Å². The third kappa shape index (κ3) is 3.33. The van der Waals surface area contributed by atoms with Crippen molar-refractivity contribution in [2.75, 3.05) is 6.61 Å². The molecule has 100 valence electrons. The summed E-state index contributed by atoms with van der Waals surface area (Å²) in [6.07, 6.45) is 0. The molecule has 19 heavy (non-hydrogen) atoms. The van der Waals surface area contributed by atoms with E-state index in [1.54, 1.807) is 11.3 Å². The summed E-state index contributed by atoms with van der Waals surface area (Å²) in [6, 6.07) is 5.94. The molecule has 1 heterocycles. The Balaban J connectivity index is 2.04. The van der Waals surface area contributed by atoms with E-state index < -0.39 is 5.82 Å². The number of carbonyl (C=O) groups is 1. The molecule has 0 saturated carbocycles. The molecule has 0 fully saturated rings. The van der Waals surface area contributed by atoms with E-state index in [2.05, 4.69) is 0 Å². The Bertz CT molecular complexity index is 622. The van der Waals surface area contributed by atoms with Crippen molar-refractivity contribution in [1.29, 1.82) is 0 Å². The standard InChI is InChI=1S/C14H12ClFO2S/c1-8-5-11(9(2)19-8)14(17)7-18-10-3-4-12(15)13(16)6-10/h3-6H,7H2,1-2H3. The van der Waals surface area contributed by atoms with Gasteiger partial charge < -0.3 is 4.74 Å². The van der Waals surface area contributed by atoms with Crippen molar-refractivity contribution in [1.82, 2.24) is 0 Å². The SMILES string of the molecule is Cc1cc(C(=O)COc2ccc(Cl)c(F)c2)c(C)s1. The lowest BCUT2D eigenvalue weighted by Gasteiger charge is -2.05. The van der Waals surface area contributed by atoms with Crippen LogP contribution < -0.4 is 4.74 Å². The summed E-state index contributed by atoms with van der Waals surface area (Å²) >= 11 is 7.14. The predicted octanol–water partition coefficient (Wildman–Crippen LogP) is 4.42. The first kappa shape index (κ1) is 14.0. The van der Waals surface area contributed by atoms with Gasteiger partial charge in [-0.25, -0.2) is 4.39 Å². The molecule has 0 spiro atoms. The fraction of sp³-hybridized carbons (Fsp3) is 0.214. The van der Waals surface area contributed by atoms with Crippen molar-refractivity contribution in [3.63, 3.8) is 0 Å². The summed E-state index contributed by atoms with van der Waals surface area (Å²) in [4.78, 5) is 14.0. The number of carbonyl (C=O) groups excluding carboxylic acids is 1. The number of halogens is 2. The summed E-state index contributed by atoms with van der Waals surface area (Å²) in [5, 5.41) is 0.0305. The minimum atomic E-state index is -0.561. The molecule has 0 aliphatic heterocycles. The van der Waals surface area contributed by atoms with E-state index in [4.69, 9.17) is 16.3 Å². The molecule has 0 aliphatic rings. The Morgan fingerprint density at radius 3 is 2.68 bits per heavy atom. The number of rotatable bonds is 4. The lowest BCUT2D eigenvalue weighted by Crippen LogP contribution is -2.11. The van der Waals surface area contributed by atoms with E-state index >= 15 is 0 Å². The van der Waals surface area contributed by atoms with Crippen molar-refractivity contribution in [2.45, 2.75) is 13.8 Å². The van der Waals surface area contributed by atoms with E-state index in [1.807, 2.05) is 19.9 Å². The minimum Gasteiger partial charge on any atom is -0.485 e. The summed E-state index contributed by atoms with van der Waals surface area (Å²) in [6.45, 7) is 3.73. The molecule has 0 unspecified atom stereocenters. The number of ether oxygens (including phenoxy) is 1. The predicted molar refractivity (Wildman–Crippen MR) is 75.0 cm³/mol. The lowest BCUT2D eigenvalue weighted by molar-refractivity contribution is 0.0921. The minimum absolute atomic E-state index is 0.0305. The topological polar surface area (TPSA) is 26.3 Å². The molecule has 0 bridgehead atoms. The van der Waals surface area contributed by atoms with Crippen LogP contribution in [0.2, 0.25) is 5.02 Å². The average molecular weight is 299 g/mol. The highest BCUT2D eigenvalue weighted by Crippen LogP contribution is 2.23. The van der Waals surface area contributed by atoms with Gasteiger partial charge in [0.2, 0.25) is 5.78 Å². The van der Waals surface area contributed by atoms with Gasteiger partial charge in [-0.3, -0.25) is 4.79 Å². The Hall–Kier alpha value is -1.39. The highest BCUT2D eigenvalue weighted by atomic mass is 35.5. The van der Waals surface area contributed by atoms with Gasteiger partial charge in [-0.1, -0.05) is 11.6 Å². The molecule has 1 aromatic carbocycles. The highest BCUT2D eigenvalue weighted by Gasteiger charge is 2.13. The molecule has 2 rings (SSSR count). The Kier molecular flexibility index (Phi) is 4.22. The second-order valence-electron chi connectivity index (χ2n) is 4.11. The summed E-state index contributed by atoms with van der Waals surface area (Å²) in [5.74, 6) is -0.383. The van der Waals surface area contributed by atoms with Crippen LogP contribution in [0.4, 0.5) is 4.39 Å². The number of ketones is 1. The van der Waals surface area contributed by atoms with Crippen molar-refractivity contribution in [3.8, 4) is 5.75 Å². The third-order valence-corrected chi connectivity index (χ3v) is 3.87. The van der Waals surface area contributed by atoms with Crippen LogP contribution in [0.15, 0.2) is 24.3 Å². The first-order valence-electron chi connectivity index (χ1n) is 5.65. The Morgan fingerprint density at radius 2 is 2.11 bits per heavy atom. The van der Waals surface area contributed by atoms with E-state index in [0.717, 1.165) is 9.75 Å². The van der Waals surface area contributed by atoms with Crippen LogP contribution in [0.3, 0.4) is 0 Å². The number of thiophene rings is 1.